The van der Waals surface area contributed by atoms with Crippen LogP contribution in [-0.4, -0.2) is 18.8 Å². The molecule has 4 heterocycles. The number of ether oxygens (including phenoxy) is 1. The summed E-state index contributed by atoms with van der Waals surface area (Å²) in [6.45, 7) is 8.84. The number of nitrogens with zero attached hydrogens (tertiary/aromatic N) is 4. The zero-order valence-electron chi connectivity index (χ0n) is 29.1. The molecule has 4 aromatic heterocycles. The van der Waals surface area contributed by atoms with E-state index in [1.54, 1.807) is 0 Å². The molecule has 0 fully saturated rings. The van der Waals surface area contributed by atoms with Crippen molar-refractivity contribution in [3.8, 4) is 33.8 Å². The molecule has 0 aliphatic heterocycles. The number of para-hydroxylation sites is 1. The summed E-state index contributed by atoms with van der Waals surface area (Å²) in [4.78, 5) is 9.53. The largest absolute Gasteiger partial charge is 2.00 e. The number of rotatable bonds is 4. The van der Waals surface area contributed by atoms with Crippen molar-refractivity contribution in [1.82, 2.24) is 18.8 Å². The summed E-state index contributed by atoms with van der Waals surface area (Å²) in [6, 6.07) is 41.5. The monoisotopic (exact) mass is 851 g/mol. The van der Waals surface area contributed by atoms with E-state index in [0.717, 1.165) is 49.3 Å². The summed E-state index contributed by atoms with van der Waals surface area (Å²) >= 11 is 0. The number of imidazole rings is 2. The number of fused-ring (bicyclic) bond motifs is 12. The molecule has 0 radical (unpaired) electrons. The first-order valence-corrected chi connectivity index (χ1v) is 17.2. The van der Waals surface area contributed by atoms with Crippen molar-refractivity contribution < 1.29 is 25.8 Å². The molecule has 6 heteroatoms. The van der Waals surface area contributed by atoms with Crippen LogP contribution in [0.25, 0.3) is 76.9 Å². The van der Waals surface area contributed by atoms with Crippen molar-refractivity contribution in [2.45, 2.75) is 27.7 Å². The molecule has 0 amide bonds. The SMILES string of the molecule is Cc1cccc(C)c1-c1ccc2c(c1-c1c(C)cccc1C)c1ccc(Oc3[c-]c4c(cc3)c3ccccc3n3ccnc43)[c-]c1c1nccn21.[Pt+2]. The number of hydrogen-bond donors (Lipinski definition) is 0. The van der Waals surface area contributed by atoms with Crippen LogP contribution in [0.3, 0.4) is 0 Å². The van der Waals surface area contributed by atoms with Crippen molar-refractivity contribution in [3.63, 3.8) is 0 Å². The molecule has 5 nitrogen and oxygen atoms in total. The normalized spacial score (nSPS) is 11.7. The second-order valence-electron chi connectivity index (χ2n) is 13.5. The molecule has 0 bridgehead atoms. The van der Waals surface area contributed by atoms with Crippen molar-refractivity contribution in [1.29, 1.82) is 0 Å². The van der Waals surface area contributed by atoms with Gasteiger partial charge in [0.25, 0.3) is 0 Å². The molecule has 52 heavy (non-hydrogen) atoms. The molecular weight excluding hydrogens is 820 g/mol. The minimum atomic E-state index is 0. The molecule has 0 unspecified atom stereocenters. The maximum absolute atomic E-state index is 6.56. The van der Waals surface area contributed by atoms with Crippen LogP contribution in [0.5, 0.6) is 11.5 Å². The fourth-order valence-corrected chi connectivity index (χ4v) is 8.23. The van der Waals surface area contributed by atoms with Gasteiger partial charge in [0, 0.05) is 47.3 Å². The third-order valence-corrected chi connectivity index (χ3v) is 10.4. The summed E-state index contributed by atoms with van der Waals surface area (Å²) in [7, 11) is 0. The van der Waals surface area contributed by atoms with E-state index in [-0.39, 0.29) is 21.1 Å². The Labute approximate surface area is 315 Å². The van der Waals surface area contributed by atoms with Crippen LogP contribution in [0.15, 0.2) is 122 Å². The van der Waals surface area contributed by atoms with Crippen LogP contribution in [0, 0.1) is 39.8 Å². The number of pyridine rings is 2. The van der Waals surface area contributed by atoms with Crippen molar-refractivity contribution in [3.05, 3.63) is 156 Å². The summed E-state index contributed by atoms with van der Waals surface area (Å²) in [5.41, 5.74) is 13.9. The number of benzene rings is 6. The molecular formula is C46H32N4OPt. The van der Waals surface area contributed by atoms with E-state index < -0.39 is 0 Å². The Morgan fingerprint density at radius 1 is 0.500 bits per heavy atom. The van der Waals surface area contributed by atoms with Crippen LogP contribution in [0.1, 0.15) is 22.3 Å². The molecule has 252 valence electrons. The van der Waals surface area contributed by atoms with E-state index in [0.29, 0.717) is 11.5 Å². The van der Waals surface area contributed by atoms with Crippen LogP contribution in [-0.2, 0) is 21.1 Å². The molecule has 0 aliphatic carbocycles. The smallest absolute Gasteiger partial charge is 0.497 e. The predicted octanol–water partition coefficient (Wildman–Crippen LogP) is 11.6. The van der Waals surface area contributed by atoms with Crippen LogP contribution in [0.2, 0.25) is 0 Å². The minimum Gasteiger partial charge on any atom is -0.497 e. The molecule has 0 saturated heterocycles. The standard InChI is InChI=1S/C46H32N4O.Pt/c1-27-9-7-10-28(2)41(27)36-19-20-40-43(44(36)42-29(3)11-8-12-30(42)4)35-18-16-32(26-38(35)46-48-22-24-50(40)46)51-31-15-17-33-34-13-5-6-14-39(34)49-23-21-47-45(49)37(33)25-31;/h5-24H,1-4H3;/q-2;+2. The summed E-state index contributed by atoms with van der Waals surface area (Å²) in [6.07, 6.45) is 7.74. The summed E-state index contributed by atoms with van der Waals surface area (Å²) in [5.74, 6) is 1.20. The summed E-state index contributed by atoms with van der Waals surface area (Å²) < 4.78 is 10.9. The second-order valence-corrected chi connectivity index (χ2v) is 13.5. The van der Waals surface area contributed by atoms with E-state index >= 15 is 0 Å². The first-order valence-electron chi connectivity index (χ1n) is 17.2. The van der Waals surface area contributed by atoms with Gasteiger partial charge in [-0.05, 0) is 95.1 Å². The first kappa shape index (κ1) is 32.2. The Kier molecular flexibility index (Phi) is 7.53. The van der Waals surface area contributed by atoms with E-state index in [2.05, 4.69) is 139 Å². The van der Waals surface area contributed by atoms with Gasteiger partial charge in [-0.3, -0.25) is 9.97 Å². The Bertz CT molecular complexity index is 3020. The summed E-state index contributed by atoms with van der Waals surface area (Å²) in [5, 5.41) is 6.29. The van der Waals surface area contributed by atoms with E-state index in [9.17, 15) is 0 Å². The van der Waals surface area contributed by atoms with Crippen LogP contribution >= 0.6 is 0 Å². The molecule has 0 saturated carbocycles. The Morgan fingerprint density at radius 3 is 1.71 bits per heavy atom. The van der Waals surface area contributed by atoms with Crippen molar-refractivity contribution in [2.75, 3.05) is 0 Å². The third-order valence-electron chi connectivity index (χ3n) is 10.4. The van der Waals surface area contributed by atoms with Crippen LogP contribution in [0.4, 0.5) is 0 Å². The van der Waals surface area contributed by atoms with Gasteiger partial charge < -0.3 is 13.5 Å². The van der Waals surface area contributed by atoms with E-state index in [1.165, 1.54) is 49.9 Å². The van der Waals surface area contributed by atoms with Gasteiger partial charge in [0.1, 0.15) is 0 Å². The minimum absolute atomic E-state index is 0. The van der Waals surface area contributed by atoms with Crippen molar-refractivity contribution in [2.24, 2.45) is 0 Å². The molecule has 0 aliphatic rings. The van der Waals surface area contributed by atoms with Gasteiger partial charge in [0.05, 0.1) is 11.3 Å². The zero-order valence-corrected chi connectivity index (χ0v) is 31.3. The molecule has 0 spiro atoms. The second kappa shape index (κ2) is 12.2. The zero-order chi connectivity index (χ0) is 34.4. The maximum atomic E-state index is 6.56. The fourth-order valence-electron chi connectivity index (χ4n) is 8.23. The van der Waals surface area contributed by atoms with Crippen LogP contribution < -0.4 is 4.74 Å². The number of hydrogen-bond acceptors (Lipinski definition) is 3. The van der Waals surface area contributed by atoms with Gasteiger partial charge in [-0.25, -0.2) is 0 Å². The predicted molar refractivity (Wildman–Crippen MR) is 208 cm³/mol. The van der Waals surface area contributed by atoms with Gasteiger partial charge in [-0.2, -0.15) is 0 Å². The first-order chi connectivity index (χ1) is 25.0. The quantitative estimate of drug-likeness (QED) is 0.131. The number of aryl methyl sites for hydroxylation is 4. The van der Waals surface area contributed by atoms with E-state index in [1.807, 2.05) is 36.9 Å². The van der Waals surface area contributed by atoms with E-state index in [4.69, 9.17) is 9.72 Å². The molecule has 0 N–H and O–H groups in total. The number of aromatic nitrogens is 4. The molecule has 6 aromatic carbocycles. The van der Waals surface area contributed by atoms with Gasteiger partial charge in [-0.15, -0.1) is 12.1 Å². The van der Waals surface area contributed by atoms with Gasteiger partial charge >= 0.3 is 21.1 Å². The maximum Gasteiger partial charge on any atom is 2.00 e. The average molecular weight is 852 g/mol. The topological polar surface area (TPSA) is 43.8 Å². The van der Waals surface area contributed by atoms with Gasteiger partial charge in [-0.1, -0.05) is 106 Å². The third kappa shape index (κ3) is 4.73. The van der Waals surface area contributed by atoms with Gasteiger partial charge in [0.15, 0.2) is 0 Å². The van der Waals surface area contributed by atoms with Gasteiger partial charge in [0.2, 0.25) is 0 Å². The molecule has 10 aromatic rings. The Hall–Kier alpha value is -5.77. The Morgan fingerprint density at radius 2 is 1.06 bits per heavy atom. The molecule has 0 atom stereocenters. The Balaban J connectivity index is 0.00000360. The van der Waals surface area contributed by atoms with Crippen molar-refractivity contribution >= 4 is 54.6 Å². The average Bonchev–Trinajstić information content (AvgIpc) is 3.84. The molecule has 10 rings (SSSR count). The fraction of sp³-hybridized carbons (Fsp3) is 0.0870.